The van der Waals surface area contributed by atoms with Gasteiger partial charge in [-0.1, -0.05) is 0 Å². The number of nitro benzene ring substituents is 1. The molecule has 19 heavy (non-hydrogen) atoms. The van der Waals surface area contributed by atoms with Gasteiger partial charge in [-0.3, -0.25) is 14.9 Å². The summed E-state index contributed by atoms with van der Waals surface area (Å²) >= 11 is 3.24. The summed E-state index contributed by atoms with van der Waals surface area (Å²) in [6.07, 6.45) is 0. The van der Waals surface area contributed by atoms with E-state index in [1.807, 2.05) is 0 Å². The van der Waals surface area contributed by atoms with E-state index < -0.39 is 16.9 Å². The molecule has 0 fully saturated rings. The van der Waals surface area contributed by atoms with E-state index in [4.69, 9.17) is 10.5 Å². The summed E-state index contributed by atoms with van der Waals surface area (Å²) in [6.45, 7) is 1.68. The summed E-state index contributed by atoms with van der Waals surface area (Å²) < 4.78 is 5.32. The first-order valence-electron chi connectivity index (χ1n) is 5.36. The van der Waals surface area contributed by atoms with Gasteiger partial charge in [0.15, 0.2) is 0 Å². The highest BCUT2D eigenvalue weighted by molar-refractivity contribution is 9.10. The van der Waals surface area contributed by atoms with E-state index in [1.165, 1.54) is 13.2 Å². The van der Waals surface area contributed by atoms with Crippen LogP contribution in [0.4, 0.5) is 11.4 Å². The van der Waals surface area contributed by atoms with E-state index in [1.54, 1.807) is 13.0 Å². The van der Waals surface area contributed by atoms with Gasteiger partial charge in [0.1, 0.15) is 6.04 Å². The lowest BCUT2D eigenvalue weighted by Crippen LogP contribution is -2.39. The van der Waals surface area contributed by atoms with Crippen molar-refractivity contribution in [3.05, 3.63) is 32.3 Å². The fourth-order valence-corrected chi connectivity index (χ4v) is 1.99. The Kier molecular flexibility index (Phi) is 5.40. The van der Waals surface area contributed by atoms with Crippen LogP contribution >= 0.6 is 15.9 Å². The lowest BCUT2D eigenvalue weighted by molar-refractivity contribution is -0.385. The molecular formula is C11H14BrN3O4. The molecule has 7 nitrogen and oxygen atoms in total. The van der Waals surface area contributed by atoms with E-state index in [2.05, 4.69) is 21.2 Å². The number of hydrogen-bond acceptors (Lipinski definition) is 5. The Morgan fingerprint density at radius 1 is 1.63 bits per heavy atom. The van der Waals surface area contributed by atoms with Gasteiger partial charge in [0.25, 0.3) is 5.69 Å². The first-order chi connectivity index (χ1) is 8.86. The number of nitrogens with two attached hydrogens (primary N) is 1. The number of carbonyl (C=O) groups is 1. The van der Waals surface area contributed by atoms with Gasteiger partial charge in [0.05, 0.1) is 17.2 Å². The second-order valence-electron chi connectivity index (χ2n) is 3.93. The molecule has 1 rings (SSSR count). The van der Waals surface area contributed by atoms with Gasteiger partial charge in [-0.25, -0.2) is 0 Å². The van der Waals surface area contributed by atoms with Gasteiger partial charge >= 0.3 is 0 Å². The molecule has 0 spiro atoms. The van der Waals surface area contributed by atoms with Crippen molar-refractivity contribution in [3.8, 4) is 0 Å². The van der Waals surface area contributed by atoms with Crippen LogP contribution in [0.15, 0.2) is 16.6 Å². The number of methoxy groups -OCH3 is 1. The van der Waals surface area contributed by atoms with E-state index in [-0.39, 0.29) is 12.3 Å². The average Bonchev–Trinajstić information content (AvgIpc) is 2.32. The predicted octanol–water partition coefficient (Wildman–Crippen LogP) is 1.58. The molecule has 0 saturated heterocycles. The van der Waals surface area contributed by atoms with Crippen LogP contribution in [0.25, 0.3) is 0 Å². The minimum atomic E-state index is -0.836. The Hall–Kier alpha value is -1.51. The minimum Gasteiger partial charge on any atom is -0.383 e. The molecule has 1 aromatic rings. The number of amides is 1. The van der Waals surface area contributed by atoms with Gasteiger partial charge in [0.2, 0.25) is 5.91 Å². The second-order valence-corrected chi connectivity index (χ2v) is 4.78. The monoisotopic (exact) mass is 331 g/mol. The highest BCUT2D eigenvalue weighted by atomic mass is 79.9. The number of aryl methyl sites for hydroxylation is 1. The summed E-state index contributed by atoms with van der Waals surface area (Å²) in [5, 5.41) is 13.4. The molecule has 0 saturated carbocycles. The summed E-state index contributed by atoms with van der Waals surface area (Å²) in [5.74, 6) is -0.472. The normalized spacial score (nSPS) is 12.0. The fourth-order valence-electron chi connectivity index (χ4n) is 1.43. The number of benzene rings is 1. The number of anilines is 1. The van der Waals surface area contributed by atoms with Crippen LogP contribution in [-0.2, 0) is 9.53 Å². The van der Waals surface area contributed by atoms with E-state index in [0.29, 0.717) is 15.7 Å². The van der Waals surface area contributed by atoms with Crippen molar-refractivity contribution in [3.63, 3.8) is 0 Å². The minimum absolute atomic E-state index is 0.0669. The SMILES string of the molecule is COCC(N)C(=O)Nc1cc([N+](=O)[O-])c(C)cc1Br. The molecule has 104 valence electrons. The van der Waals surface area contributed by atoms with Gasteiger partial charge in [-0.05, 0) is 28.9 Å². The van der Waals surface area contributed by atoms with Crippen molar-refractivity contribution in [1.82, 2.24) is 0 Å². The zero-order valence-corrected chi connectivity index (χ0v) is 12.1. The molecule has 0 heterocycles. The van der Waals surface area contributed by atoms with E-state index >= 15 is 0 Å². The van der Waals surface area contributed by atoms with E-state index in [9.17, 15) is 14.9 Å². The summed E-state index contributed by atoms with van der Waals surface area (Å²) in [7, 11) is 1.43. The Labute approximate surface area is 118 Å². The maximum atomic E-state index is 11.7. The zero-order chi connectivity index (χ0) is 14.6. The molecular weight excluding hydrogens is 318 g/mol. The quantitative estimate of drug-likeness (QED) is 0.629. The zero-order valence-electron chi connectivity index (χ0n) is 10.5. The van der Waals surface area contributed by atoms with Crippen LogP contribution < -0.4 is 11.1 Å². The second kappa shape index (κ2) is 6.60. The molecule has 1 unspecified atom stereocenters. The molecule has 0 radical (unpaired) electrons. The number of halogens is 1. The third-order valence-electron chi connectivity index (χ3n) is 2.42. The molecule has 1 atom stereocenters. The number of nitrogens with zero attached hydrogens (tertiary/aromatic N) is 1. The number of ether oxygens (including phenoxy) is 1. The molecule has 1 aromatic carbocycles. The Morgan fingerprint density at radius 3 is 2.79 bits per heavy atom. The summed E-state index contributed by atoms with van der Waals surface area (Å²) in [6, 6.07) is 2.02. The molecule has 1 amide bonds. The van der Waals surface area contributed by atoms with Crippen molar-refractivity contribution >= 4 is 33.2 Å². The summed E-state index contributed by atoms with van der Waals surface area (Å²) in [4.78, 5) is 22.0. The maximum absolute atomic E-state index is 11.7. The number of nitrogens with one attached hydrogen (secondary N) is 1. The third kappa shape index (κ3) is 3.98. The smallest absolute Gasteiger partial charge is 0.274 e. The van der Waals surface area contributed by atoms with Crippen LogP contribution in [0.2, 0.25) is 0 Å². The van der Waals surface area contributed by atoms with Gasteiger partial charge < -0.3 is 15.8 Å². The number of hydrogen-bond donors (Lipinski definition) is 2. The van der Waals surface area contributed by atoms with Crippen molar-refractivity contribution < 1.29 is 14.5 Å². The Bertz CT molecular complexity index is 507. The first-order valence-corrected chi connectivity index (χ1v) is 6.16. The molecule has 0 aliphatic carbocycles. The Morgan fingerprint density at radius 2 is 2.26 bits per heavy atom. The number of nitro groups is 1. The fraction of sp³-hybridized carbons (Fsp3) is 0.364. The third-order valence-corrected chi connectivity index (χ3v) is 3.08. The number of carbonyl (C=O) groups excluding carboxylic acids is 1. The highest BCUT2D eigenvalue weighted by Gasteiger charge is 2.18. The first kappa shape index (κ1) is 15.5. The van der Waals surface area contributed by atoms with Crippen LogP contribution in [0.5, 0.6) is 0 Å². The molecule has 0 aromatic heterocycles. The van der Waals surface area contributed by atoms with Crippen molar-refractivity contribution in [2.24, 2.45) is 5.73 Å². The van der Waals surface area contributed by atoms with Crippen molar-refractivity contribution in [1.29, 1.82) is 0 Å². The standard InChI is InChI=1S/C11H14BrN3O4/c1-6-3-7(12)9(4-10(6)15(17)18)14-11(16)8(13)5-19-2/h3-4,8H,5,13H2,1-2H3,(H,14,16). The molecule has 0 bridgehead atoms. The topological polar surface area (TPSA) is 107 Å². The van der Waals surface area contributed by atoms with Gasteiger partial charge in [0, 0.05) is 23.2 Å². The molecule has 0 aliphatic rings. The van der Waals surface area contributed by atoms with Crippen molar-refractivity contribution in [2.45, 2.75) is 13.0 Å². The lowest BCUT2D eigenvalue weighted by atomic mass is 10.2. The number of rotatable bonds is 5. The van der Waals surface area contributed by atoms with Gasteiger partial charge in [-0.15, -0.1) is 0 Å². The van der Waals surface area contributed by atoms with Crippen LogP contribution in [-0.4, -0.2) is 30.6 Å². The Balaban J connectivity index is 2.98. The van der Waals surface area contributed by atoms with Crippen LogP contribution in [0.1, 0.15) is 5.56 Å². The maximum Gasteiger partial charge on any atom is 0.274 e. The largest absolute Gasteiger partial charge is 0.383 e. The predicted molar refractivity (Wildman–Crippen MR) is 74.0 cm³/mol. The van der Waals surface area contributed by atoms with Crippen molar-refractivity contribution in [2.75, 3.05) is 19.0 Å². The molecule has 3 N–H and O–H groups in total. The molecule has 0 aliphatic heterocycles. The summed E-state index contributed by atoms with van der Waals surface area (Å²) in [5.41, 5.74) is 6.29. The lowest BCUT2D eigenvalue weighted by Gasteiger charge is -2.12. The molecule has 8 heteroatoms. The average molecular weight is 332 g/mol. The van der Waals surface area contributed by atoms with E-state index in [0.717, 1.165) is 0 Å². The van der Waals surface area contributed by atoms with Gasteiger partial charge in [-0.2, -0.15) is 0 Å². The van der Waals surface area contributed by atoms with Crippen LogP contribution in [0, 0.1) is 17.0 Å². The highest BCUT2D eigenvalue weighted by Crippen LogP contribution is 2.30. The van der Waals surface area contributed by atoms with Crippen LogP contribution in [0.3, 0.4) is 0 Å².